The average molecular weight is 396 g/mol. The van der Waals surface area contributed by atoms with Crippen molar-refractivity contribution in [1.82, 2.24) is 14.3 Å². The van der Waals surface area contributed by atoms with Gasteiger partial charge in [-0.15, -0.1) is 0 Å². The Bertz CT molecular complexity index is 954. The number of likely N-dealkylation sites (N-methyl/N-ethyl adjacent to an activating group) is 1. The molecule has 3 aromatic rings. The van der Waals surface area contributed by atoms with E-state index < -0.39 is 11.7 Å². The van der Waals surface area contributed by atoms with Crippen molar-refractivity contribution < 1.29 is 18.0 Å². The van der Waals surface area contributed by atoms with Crippen LogP contribution in [0.2, 0.25) is 5.02 Å². The van der Waals surface area contributed by atoms with Gasteiger partial charge in [0, 0.05) is 25.5 Å². The van der Waals surface area contributed by atoms with Crippen LogP contribution in [0.3, 0.4) is 0 Å². The fraction of sp³-hybridized carbons (Fsp3) is 0.263. The number of carbonyl (C=O) groups excluding carboxylic acids is 1. The maximum absolute atomic E-state index is 12.9. The Labute approximate surface area is 159 Å². The Morgan fingerprint density at radius 3 is 2.56 bits per heavy atom. The SMILES string of the molecule is CCN(Cc1ccccc1)C(=O)Cc1cn2cc(C(F)(F)F)cc(Cl)c2n1. The van der Waals surface area contributed by atoms with E-state index in [-0.39, 0.29) is 23.0 Å². The molecule has 0 N–H and O–H groups in total. The van der Waals surface area contributed by atoms with Crippen molar-refractivity contribution in [3.05, 3.63) is 70.6 Å². The zero-order valence-electron chi connectivity index (χ0n) is 14.5. The van der Waals surface area contributed by atoms with Crippen LogP contribution in [0.5, 0.6) is 0 Å². The fourth-order valence-electron chi connectivity index (χ4n) is 2.79. The second kappa shape index (κ2) is 7.60. The molecule has 0 fully saturated rings. The van der Waals surface area contributed by atoms with Crippen molar-refractivity contribution in [2.45, 2.75) is 26.1 Å². The summed E-state index contributed by atoms with van der Waals surface area (Å²) in [6.07, 6.45) is -2.19. The maximum atomic E-state index is 12.9. The minimum atomic E-state index is -4.51. The predicted molar refractivity (Wildman–Crippen MR) is 96.4 cm³/mol. The van der Waals surface area contributed by atoms with Gasteiger partial charge in [0.1, 0.15) is 0 Å². The van der Waals surface area contributed by atoms with Crippen LogP contribution in [0, 0.1) is 0 Å². The highest BCUT2D eigenvalue weighted by Crippen LogP contribution is 2.32. The van der Waals surface area contributed by atoms with Crippen molar-refractivity contribution in [2.24, 2.45) is 0 Å². The number of fused-ring (bicyclic) bond motifs is 1. The number of pyridine rings is 1. The first kappa shape index (κ1) is 19.2. The molecule has 0 atom stereocenters. The highest BCUT2D eigenvalue weighted by atomic mass is 35.5. The number of hydrogen-bond acceptors (Lipinski definition) is 2. The van der Waals surface area contributed by atoms with E-state index in [0.717, 1.165) is 17.8 Å². The molecular weight excluding hydrogens is 379 g/mol. The largest absolute Gasteiger partial charge is 0.417 e. The molecule has 27 heavy (non-hydrogen) atoms. The van der Waals surface area contributed by atoms with E-state index in [1.807, 2.05) is 37.3 Å². The summed E-state index contributed by atoms with van der Waals surface area (Å²) < 4.78 is 40.0. The third-order valence-corrected chi connectivity index (χ3v) is 4.44. The van der Waals surface area contributed by atoms with Crippen molar-refractivity contribution in [2.75, 3.05) is 6.54 Å². The number of rotatable bonds is 5. The number of halogens is 4. The highest BCUT2D eigenvalue weighted by molar-refractivity contribution is 6.33. The Hall–Kier alpha value is -2.54. The van der Waals surface area contributed by atoms with Crippen LogP contribution in [-0.4, -0.2) is 26.7 Å². The van der Waals surface area contributed by atoms with Gasteiger partial charge in [-0.1, -0.05) is 41.9 Å². The summed E-state index contributed by atoms with van der Waals surface area (Å²) in [4.78, 5) is 18.5. The summed E-state index contributed by atoms with van der Waals surface area (Å²) in [6, 6.07) is 10.4. The molecule has 0 unspecified atom stereocenters. The average Bonchev–Trinajstić information content (AvgIpc) is 3.02. The monoisotopic (exact) mass is 395 g/mol. The van der Waals surface area contributed by atoms with E-state index >= 15 is 0 Å². The van der Waals surface area contributed by atoms with Crippen LogP contribution in [0.4, 0.5) is 13.2 Å². The highest BCUT2D eigenvalue weighted by Gasteiger charge is 2.32. The molecule has 0 radical (unpaired) electrons. The molecule has 0 spiro atoms. The molecule has 2 heterocycles. The van der Waals surface area contributed by atoms with Crippen molar-refractivity contribution in [1.29, 1.82) is 0 Å². The molecule has 1 amide bonds. The summed E-state index contributed by atoms with van der Waals surface area (Å²) in [5.74, 6) is -0.156. The first-order valence-electron chi connectivity index (χ1n) is 8.34. The summed E-state index contributed by atoms with van der Waals surface area (Å²) in [7, 11) is 0. The van der Waals surface area contributed by atoms with Crippen molar-refractivity contribution in [3.63, 3.8) is 0 Å². The zero-order valence-corrected chi connectivity index (χ0v) is 15.3. The summed E-state index contributed by atoms with van der Waals surface area (Å²) >= 11 is 5.94. The molecule has 0 bridgehead atoms. The van der Waals surface area contributed by atoms with Crippen LogP contribution in [0.25, 0.3) is 5.65 Å². The zero-order chi connectivity index (χ0) is 19.6. The van der Waals surface area contributed by atoms with Gasteiger partial charge >= 0.3 is 6.18 Å². The molecule has 4 nitrogen and oxygen atoms in total. The standard InChI is InChI=1S/C19H17ClF3N3O/c1-2-25(10-13-6-4-3-5-7-13)17(27)9-15-12-26-11-14(19(21,22)23)8-16(20)18(26)24-15/h3-8,11-12H,2,9-10H2,1H3. The van der Waals surface area contributed by atoms with Gasteiger partial charge in [0.25, 0.3) is 0 Å². The minimum absolute atomic E-state index is 0.0139. The van der Waals surface area contributed by atoms with Gasteiger partial charge < -0.3 is 9.30 Å². The van der Waals surface area contributed by atoms with Crippen LogP contribution < -0.4 is 0 Å². The number of amides is 1. The molecule has 0 aliphatic carbocycles. The van der Waals surface area contributed by atoms with Crippen molar-refractivity contribution in [3.8, 4) is 0 Å². The van der Waals surface area contributed by atoms with Gasteiger partial charge in [0.05, 0.1) is 22.7 Å². The molecule has 142 valence electrons. The number of hydrogen-bond donors (Lipinski definition) is 0. The molecule has 3 rings (SSSR count). The van der Waals surface area contributed by atoms with E-state index in [1.54, 1.807) is 4.90 Å². The molecule has 8 heteroatoms. The molecule has 0 aliphatic heterocycles. The topological polar surface area (TPSA) is 37.6 Å². The molecule has 2 aromatic heterocycles. The second-order valence-corrected chi connectivity index (χ2v) is 6.52. The lowest BCUT2D eigenvalue weighted by Crippen LogP contribution is -2.31. The minimum Gasteiger partial charge on any atom is -0.338 e. The maximum Gasteiger partial charge on any atom is 0.417 e. The number of carbonyl (C=O) groups is 1. The van der Waals surface area contributed by atoms with Gasteiger partial charge in [-0.3, -0.25) is 4.79 Å². The third-order valence-electron chi connectivity index (χ3n) is 4.17. The first-order chi connectivity index (χ1) is 12.8. The molecule has 0 saturated heterocycles. The van der Waals surface area contributed by atoms with Gasteiger partial charge in [-0.05, 0) is 18.6 Å². The van der Waals surface area contributed by atoms with E-state index in [1.165, 1.54) is 10.6 Å². The number of aromatic nitrogens is 2. The quantitative estimate of drug-likeness (QED) is 0.633. The summed E-state index contributed by atoms with van der Waals surface area (Å²) in [5.41, 5.74) is 0.696. The molecule has 0 aliphatic rings. The van der Waals surface area contributed by atoms with Crippen LogP contribution in [-0.2, 0) is 23.9 Å². The second-order valence-electron chi connectivity index (χ2n) is 6.11. The first-order valence-corrected chi connectivity index (χ1v) is 8.71. The summed E-state index contributed by atoms with van der Waals surface area (Å²) in [6.45, 7) is 2.85. The molecule has 1 aromatic carbocycles. The Morgan fingerprint density at radius 2 is 1.93 bits per heavy atom. The van der Waals surface area contributed by atoms with Crippen LogP contribution in [0.1, 0.15) is 23.7 Å². The lowest BCUT2D eigenvalue weighted by molar-refractivity contribution is -0.138. The van der Waals surface area contributed by atoms with Gasteiger partial charge in [-0.25, -0.2) is 4.98 Å². The van der Waals surface area contributed by atoms with Gasteiger partial charge in [0.2, 0.25) is 5.91 Å². The smallest absolute Gasteiger partial charge is 0.338 e. The fourth-order valence-corrected chi connectivity index (χ4v) is 3.05. The Morgan fingerprint density at radius 1 is 1.22 bits per heavy atom. The van der Waals surface area contributed by atoms with E-state index in [0.29, 0.717) is 18.8 Å². The number of nitrogens with zero attached hydrogens (tertiary/aromatic N) is 3. The van der Waals surface area contributed by atoms with Crippen LogP contribution in [0.15, 0.2) is 48.8 Å². The van der Waals surface area contributed by atoms with Crippen LogP contribution >= 0.6 is 11.6 Å². The van der Waals surface area contributed by atoms with E-state index in [2.05, 4.69) is 4.98 Å². The van der Waals surface area contributed by atoms with Crippen molar-refractivity contribution >= 4 is 23.2 Å². The number of imidazole rings is 1. The third kappa shape index (κ3) is 4.42. The lowest BCUT2D eigenvalue weighted by Gasteiger charge is -2.20. The predicted octanol–water partition coefficient (Wildman–Crippen LogP) is 4.60. The Kier molecular flexibility index (Phi) is 5.41. The molecular formula is C19H17ClF3N3O. The Balaban J connectivity index is 1.81. The number of alkyl halides is 3. The summed E-state index contributed by atoms with van der Waals surface area (Å²) in [5, 5.41) is -0.111. The van der Waals surface area contributed by atoms with E-state index in [4.69, 9.17) is 11.6 Å². The number of benzene rings is 1. The normalized spacial score (nSPS) is 11.7. The molecule has 0 saturated carbocycles. The van der Waals surface area contributed by atoms with Gasteiger partial charge in [-0.2, -0.15) is 13.2 Å². The lowest BCUT2D eigenvalue weighted by atomic mass is 10.2. The van der Waals surface area contributed by atoms with E-state index in [9.17, 15) is 18.0 Å². The van der Waals surface area contributed by atoms with Gasteiger partial charge in [0.15, 0.2) is 5.65 Å².